The second kappa shape index (κ2) is 53.9. The summed E-state index contributed by atoms with van der Waals surface area (Å²) in [6, 6.07) is 0. The van der Waals surface area contributed by atoms with Crippen LogP contribution in [-0.4, -0.2) is 66.5 Å². The number of aliphatic hydroxyl groups excluding tert-OH is 1. The van der Waals surface area contributed by atoms with E-state index in [1.165, 1.54) is 38.5 Å². The van der Waals surface area contributed by atoms with Crippen molar-refractivity contribution in [2.45, 2.75) is 251 Å². The van der Waals surface area contributed by atoms with Gasteiger partial charge in [0.05, 0.1) is 19.8 Å². The van der Waals surface area contributed by atoms with E-state index in [2.05, 4.69) is 106 Å². The molecule has 0 saturated carbocycles. The summed E-state index contributed by atoms with van der Waals surface area (Å²) in [5.41, 5.74) is 0. The number of phosphoric acid groups is 1. The van der Waals surface area contributed by atoms with Gasteiger partial charge in [-0.3, -0.25) is 23.4 Å². The highest BCUT2D eigenvalue weighted by Gasteiger charge is 2.28. The van der Waals surface area contributed by atoms with Crippen LogP contribution in [0.2, 0.25) is 0 Å². The zero-order chi connectivity index (χ0) is 52.7. The molecule has 0 heterocycles. The first-order chi connectivity index (χ1) is 35.2. The Morgan fingerprint density at radius 2 is 0.736 bits per heavy atom. The zero-order valence-corrected chi connectivity index (χ0v) is 46.5. The molecule has 0 saturated heterocycles. The van der Waals surface area contributed by atoms with E-state index in [4.69, 9.17) is 23.3 Å². The molecule has 0 aliphatic heterocycles. The average Bonchev–Trinajstić information content (AvgIpc) is 3.37. The Morgan fingerprint density at radius 1 is 0.403 bits per heavy atom. The van der Waals surface area contributed by atoms with E-state index in [1.807, 2.05) is 0 Å². The third-order valence-electron chi connectivity index (χ3n) is 11.8. The third-order valence-corrected chi connectivity index (χ3v) is 12.7. The highest BCUT2D eigenvalue weighted by atomic mass is 31.2. The highest BCUT2D eigenvalue weighted by molar-refractivity contribution is 7.47. The Bertz CT molecular complexity index is 1530. The fourth-order valence-corrected chi connectivity index (χ4v) is 8.20. The second-order valence-electron chi connectivity index (χ2n) is 18.7. The Hall–Kier alpha value is -3.34. The molecule has 0 aromatic heterocycles. The Kier molecular flexibility index (Phi) is 51.4. The number of rotatable bonds is 52. The van der Waals surface area contributed by atoms with Gasteiger partial charge in [-0.15, -0.1) is 0 Å². The number of hydrogen-bond acceptors (Lipinski definition) is 10. The summed E-state index contributed by atoms with van der Waals surface area (Å²) in [6.07, 6.45) is 61.1. The lowest BCUT2D eigenvalue weighted by Crippen LogP contribution is -2.30. The summed E-state index contributed by atoms with van der Waals surface area (Å²) >= 11 is 0. The fourth-order valence-electron chi connectivity index (χ4n) is 7.42. The molecule has 0 radical (unpaired) electrons. The van der Waals surface area contributed by atoms with Crippen LogP contribution in [0.5, 0.6) is 0 Å². The van der Waals surface area contributed by atoms with Crippen LogP contribution >= 0.6 is 7.82 Å². The van der Waals surface area contributed by atoms with Gasteiger partial charge in [-0.25, -0.2) is 4.57 Å². The van der Waals surface area contributed by atoms with Gasteiger partial charge in [-0.05, 0) is 109 Å². The van der Waals surface area contributed by atoms with Crippen molar-refractivity contribution in [2.75, 3.05) is 26.4 Å². The SMILES string of the molecule is CC/C=C\C/C=C\C/C=C\CCCCCCCC(=O)OC(COC(=O)CCCCCCCC/C=C\C/C=C\C/C=C\CCCCC)COP(=O)(O)OCC(CO)OC(=O)CCCCCCC/C=C\CCCC. The molecule has 0 spiro atoms. The number of allylic oxidation sites excluding steroid dienone is 14. The van der Waals surface area contributed by atoms with Gasteiger partial charge < -0.3 is 24.2 Å². The van der Waals surface area contributed by atoms with Gasteiger partial charge >= 0.3 is 25.7 Å². The first-order valence-corrected chi connectivity index (χ1v) is 30.0. The van der Waals surface area contributed by atoms with Crippen molar-refractivity contribution in [2.24, 2.45) is 0 Å². The number of unbranched alkanes of at least 4 members (excludes halogenated alkanes) is 21. The van der Waals surface area contributed by atoms with Crippen molar-refractivity contribution < 1.29 is 52.2 Å². The molecule has 0 aliphatic carbocycles. The summed E-state index contributed by atoms with van der Waals surface area (Å²) in [5.74, 6) is -1.51. The van der Waals surface area contributed by atoms with Crippen LogP contribution in [0, 0.1) is 0 Å². The molecule has 3 unspecified atom stereocenters. The van der Waals surface area contributed by atoms with Crippen molar-refractivity contribution in [1.82, 2.24) is 0 Å². The molecule has 0 bridgehead atoms. The van der Waals surface area contributed by atoms with Crippen LogP contribution in [0.3, 0.4) is 0 Å². The second-order valence-corrected chi connectivity index (χ2v) is 20.2. The van der Waals surface area contributed by atoms with Gasteiger partial charge in [0.15, 0.2) is 6.10 Å². The molecular weight excluding hydrogens is 928 g/mol. The predicted octanol–water partition coefficient (Wildman–Crippen LogP) is 16.7. The molecule has 0 rings (SSSR count). The summed E-state index contributed by atoms with van der Waals surface area (Å²) < 4.78 is 39.4. The number of esters is 3. The fraction of sp³-hybridized carbons (Fsp3) is 0.717. The van der Waals surface area contributed by atoms with E-state index in [-0.39, 0.29) is 25.9 Å². The smallest absolute Gasteiger partial charge is 0.462 e. The van der Waals surface area contributed by atoms with E-state index >= 15 is 0 Å². The van der Waals surface area contributed by atoms with Gasteiger partial charge in [0.1, 0.15) is 12.7 Å². The van der Waals surface area contributed by atoms with Crippen molar-refractivity contribution in [3.8, 4) is 0 Å². The van der Waals surface area contributed by atoms with Gasteiger partial charge in [0, 0.05) is 19.3 Å². The van der Waals surface area contributed by atoms with Crippen molar-refractivity contribution in [3.05, 3.63) is 85.1 Å². The highest BCUT2D eigenvalue weighted by Crippen LogP contribution is 2.43. The molecule has 0 aromatic carbocycles. The molecule has 2 N–H and O–H groups in total. The molecule has 0 aromatic rings. The van der Waals surface area contributed by atoms with Gasteiger partial charge in [0.25, 0.3) is 0 Å². The standard InChI is InChI=1S/C60H103O11P/c1-4-7-10-13-16-19-22-24-26-27-28-29-31-32-35-37-40-43-46-49-58(62)67-53-57(71-60(64)51-48-45-42-39-36-33-30-25-23-20-17-14-11-8-5-2)55-69-72(65,66)68-54-56(52-61)70-59(63)50-47-44-41-38-34-21-18-15-12-9-6-3/h8,11,15-20,24-26,28-30,56-57,61H,4-7,9-10,12-14,21-23,27,31-55H2,1-3H3,(H,65,66)/b11-8-,18-15-,19-16-,20-17-,26-24-,29-28-,30-25-. The molecule has 11 nitrogen and oxygen atoms in total. The quantitative estimate of drug-likeness (QED) is 0.0197. The molecule has 72 heavy (non-hydrogen) atoms. The van der Waals surface area contributed by atoms with Crippen LogP contribution < -0.4 is 0 Å². The van der Waals surface area contributed by atoms with Crippen LogP contribution in [0.1, 0.15) is 239 Å². The molecule has 3 atom stereocenters. The van der Waals surface area contributed by atoms with E-state index in [0.717, 1.165) is 141 Å². The summed E-state index contributed by atoms with van der Waals surface area (Å²) in [4.78, 5) is 48.5. The van der Waals surface area contributed by atoms with Crippen LogP contribution in [0.15, 0.2) is 85.1 Å². The lowest BCUT2D eigenvalue weighted by Gasteiger charge is -2.21. The van der Waals surface area contributed by atoms with Crippen LogP contribution in [0.4, 0.5) is 0 Å². The normalized spacial score (nSPS) is 14.0. The number of carbonyl (C=O) groups is 3. The van der Waals surface area contributed by atoms with Crippen molar-refractivity contribution in [1.29, 1.82) is 0 Å². The molecule has 0 amide bonds. The summed E-state index contributed by atoms with van der Waals surface area (Å²) in [7, 11) is -4.76. The minimum Gasteiger partial charge on any atom is -0.462 e. The average molecular weight is 1030 g/mol. The molecule has 0 fully saturated rings. The summed E-state index contributed by atoms with van der Waals surface area (Å²) in [6.45, 7) is 4.42. The number of phosphoric ester groups is 1. The first-order valence-electron chi connectivity index (χ1n) is 28.5. The Balaban J connectivity index is 4.77. The molecular formula is C60H103O11P. The minimum atomic E-state index is -4.76. The van der Waals surface area contributed by atoms with Crippen LogP contribution in [0.25, 0.3) is 0 Å². The van der Waals surface area contributed by atoms with E-state index < -0.39 is 57.8 Å². The monoisotopic (exact) mass is 1030 g/mol. The number of carbonyl (C=O) groups excluding carboxylic acids is 3. The number of aliphatic hydroxyl groups is 1. The molecule has 12 heteroatoms. The summed E-state index contributed by atoms with van der Waals surface area (Å²) in [5, 5.41) is 9.79. The zero-order valence-electron chi connectivity index (χ0n) is 45.6. The van der Waals surface area contributed by atoms with Gasteiger partial charge in [0.2, 0.25) is 0 Å². The number of ether oxygens (including phenoxy) is 3. The van der Waals surface area contributed by atoms with Gasteiger partial charge in [-0.2, -0.15) is 0 Å². The molecule has 414 valence electrons. The van der Waals surface area contributed by atoms with Crippen molar-refractivity contribution >= 4 is 25.7 Å². The molecule has 0 aliphatic rings. The lowest BCUT2D eigenvalue weighted by molar-refractivity contribution is -0.161. The first kappa shape index (κ1) is 68.7. The van der Waals surface area contributed by atoms with E-state index in [1.54, 1.807) is 0 Å². The maximum Gasteiger partial charge on any atom is 0.472 e. The number of hydrogen-bond donors (Lipinski definition) is 2. The maximum atomic E-state index is 12.9. The van der Waals surface area contributed by atoms with E-state index in [9.17, 15) is 28.9 Å². The Morgan fingerprint density at radius 3 is 1.17 bits per heavy atom. The topological polar surface area (TPSA) is 155 Å². The van der Waals surface area contributed by atoms with E-state index in [0.29, 0.717) is 19.3 Å². The van der Waals surface area contributed by atoms with Crippen LogP contribution in [-0.2, 0) is 42.2 Å². The van der Waals surface area contributed by atoms with Gasteiger partial charge in [-0.1, -0.05) is 196 Å². The maximum absolute atomic E-state index is 12.9. The van der Waals surface area contributed by atoms with Crippen molar-refractivity contribution in [3.63, 3.8) is 0 Å². The lowest BCUT2D eigenvalue weighted by atomic mass is 10.1. The minimum absolute atomic E-state index is 0.142. The third kappa shape index (κ3) is 51.6. The largest absolute Gasteiger partial charge is 0.472 e. The Labute approximate surface area is 439 Å². The predicted molar refractivity (Wildman–Crippen MR) is 298 cm³/mol.